The molecule has 1 aromatic rings. The number of rotatable bonds is 2. The first-order valence-corrected chi connectivity index (χ1v) is 4.08. The summed E-state index contributed by atoms with van der Waals surface area (Å²) < 4.78 is 0. The molecule has 1 heteroatoms. The number of aliphatic hydroxyl groups is 1. The maximum atomic E-state index is 8.69. The van der Waals surface area contributed by atoms with Gasteiger partial charge in [-0.3, -0.25) is 0 Å². The highest BCUT2D eigenvalue weighted by molar-refractivity contribution is 5.64. The van der Waals surface area contributed by atoms with Gasteiger partial charge in [-0.2, -0.15) is 0 Å². The van der Waals surface area contributed by atoms with E-state index in [1.54, 1.807) is 0 Å². The minimum atomic E-state index is 0.111. The summed E-state index contributed by atoms with van der Waals surface area (Å²) in [5, 5.41) is 8.69. The Bertz CT molecular complexity index is 287. The maximum absolute atomic E-state index is 8.69. The highest BCUT2D eigenvalue weighted by Crippen LogP contribution is 2.14. The van der Waals surface area contributed by atoms with Gasteiger partial charge in [-0.05, 0) is 25.0 Å². The van der Waals surface area contributed by atoms with E-state index in [0.29, 0.717) is 0 Å². The predicted molar refractivity (Wildman–Crippen MR) is 51.9 cm³/mol. The average Bonchev–Trinajstić information content (AvgIpc) is 2.05. The third kappa shape index (κ3) is 2.21. The fraction of sp³-hybridized carbons (Fsp3) is 0.273. The zero-order valence-corrected chi connectivity index (χ0v) is 7.54. The van der Waals surface area contributed by atoms with E-state index in [1.807, 2.05) is 19.1 Å². The highest BCUT2D eigenvalue weighted by atomic mass is 16.2. The number of hydrogen-bond acceptors (Lipinski definition) is 1. The highest BCUT2D eigenvalue weighted by Gasteiger charge is 1.93. The van der Waals surface area contributed by atoms with Crippen molar-refractivity contribution >= 4 is 5.57 Å². The monoisotopic (exact) mass is 162 g/mol. The van der Waals surface area contributed by atoms with Crippen molar-refractivity contribution in [3.63, 3.8) is 0 Å². The van der Waals surface area contributed by atoms with E-state index in [2.05, 4.69) is 25.1 Å². The second-order valence-corrected chi connectivity index (χ2v) is 2.94. The van der Waals surface area contributed by atoms with Gasteiger partial charge in [0.05, 0.1) is 6.61 Å². The number of hydrogen-bond donors (Lipinski definition) is 1. The van der Waals surface area contributed by atoms with E-state index in [1.165, 1.54) is 11.1 Å². The van der Waals surface area contributed by atoms with Crippen LogP contribution in [0.1, 0.15) is 18.1 Å². The summed E-state index contributed by atoms with van der Waals surface area (Å²) in [6, 6.07) is 8.26. The van der Waals surface area contributed by atoms with E-state index in [9.17, 15) is 0 Å². The quantitative estimate of drug-likeness (QED) is 0.708. The topological polar surface area (TPSA) is 20.2 Å². The first-order chi connectivity index (χ1) is 5.74. The molecule has 0 spiro atoms. The Balaban J connectivity index is 2.95. The third-order valence-electron chi connectivity index (χ3n) is 1.87. The van der Waals surface area contributed by atoms with Crippen LogP contribution in [0.4, 0.5) is 0 Å². The van der Waals surface area contributed by atoms with Crippen LogP contribution in [0.2, 0.25) is 0 Å². The van der Waals surface area contributed by atoms with Crippen LogP contribution in [0, 0.1) is 6.92 Å². The van der Waals surface area contributed by atoms with Crippen molar-refractivity contribution in [1.82, 2.24) is 0 Å². The first kappa shape index (κ1) is 9.01. The molecule has 0 radical (unpaired) electrons. The van der Waals surface area contributed by atoms with Gasteiger partial charge in [0.15, 0.2) is 0 Å². The molecule has 64 valence electrons. The van der Waals surface area contributed by atoms with Crippen LogP contribution in [0.25, 0.3) is 5.57 Å². The lowest BCUT2D eigenvalue weighted by Crippen LogP contribution is -1.83. The van der Waals surface area contributed by atoms with Gasteiger partial charge in [0.25, 0.3) is 0 Å². The Morgan fingerprint density at radius 1 is 1.50 bits per heavy atom. The molecule has 0 atom stereocenters. The fourth-order valence-electron chi connectivity index (χ4n) is 1.15. The molecule has 0 fully saturated rings. The van der Waals surface area contributed by atoms with E-state index in [0.717, 1.165) is 5.57 Å². The predicted octanol–water partition coefficient (Wildman–Crippen LogP) is 2.39. The van der Waals surface area contributed by atoms with E-state index in [-0.39, 0.29) is 6.61 Å². The Morgan fingerprint density at radius 3 is 2.83 bits per heavy atom. The van der Waals surface area contributed by atoms with Crippen LogP contribution in [0.15, 0.2) is 30.3 Å². The molecular weight excluding hydrogens is 148 g/mol. The van der Waals surface area contributed by atoms with E-state index < -0.39 is 0 Å². The summed E-state index contributed by atoms with van der Waals surface area (Å²) in [5.41, 5.74) is 3.56. The van der Waals surface area contributed by atoms with Gasteiger partial charge in [0, 0.05) is 0 Å². The molecule has 0 unspecified atom stereocenters. The average molecular weight is 162 g/mol. The van der Waals surface area contributed by atoms with Crippen molar-refractivity contribution in [3.8, 4) is 0 Å². The van der Waals surface area contributed by atoms with Crippen LogP contribution in [0.3, 0.4) is 0 Å². The molecule has 0 saturated carbocycles. The van der Waals surface area contributed by atoms with Gasteiger partial charge in [0.2, 0.25) is 0 Å². The molecule has 0 aliphatic heterocycles. The van der Waals surface area contributed by atoms with Gasteiger partial charge in [-0.15, -0.1) is 0 Å². The summed E-state index contributed by atoms with van der Waals surface area (Å²) >= 11 is 0. The number of allylic oxidation sites excluding steroid dienone is 1. The second kappa shape index (κ2) is 4.07. The van der Waals surface area contributed by atoms with Crippen LogP contribution >= 0.6 is 0 Å². The lowest BCUT2D eigenvalue weighted by Gasteiger charge is -2.01. The molecule has 0 aromatic heterocycles. The lowest BCUT2D eigenvalue weighted by molar-refractivity contribution is 0.343. The zero-order valence-electron chi connectivity index (χ0n) is 7.54. The standard InChI is InChI=1S/C11H14O/c1-9-4-3-5-11(8-9)10(2)6-7-12/h3-6,8,12H,7H2,1-2H3/b10-6-. The zero-order chi connectivity index (χ0) is 8.97. The molecular formula is C11H14O. The minimum absolute atomic E-state index is 0.111. The second-order valence-electron chi connectivity index (χ2n) is 2.94. The Kier molecular flexibility index (Phi) is 3.06. The lowest BCUT2D eigenvalue weighted by atomic mass is 10.1. The normalized spacial score (nSPS) is 11.8. The van der Waals surface area contributed by atoms with Crippen molar-refractivity contribution in [2.24, 2.45) is 0 Å². The molecule has 12 heavy (non-hydrogen) atoms. The molecule has 0 amide bonds. The molecule has 1 N–H and O–H groups in total. The Hall–Kier alpha value is -1.08. The Morgan fingerprint density at radius 2 is 2.25 bits per heavy atom. The summed E-state index contributed by atoms with van der Waals surface area (Å²) in [6.07, 6.45) is 1.81. The van der Waals surface area contributed by atoms with Crippen LogP contribution in [-0.4, -0.2) is 11.7 Å². The third-order valence-corrected chi connectivity index (χ3v) is 1.87. The SMILES string of the molecule is C/C(=C/CO)c1cccc(C)c1. The van der Waals surface area contributed by atoms with Crippen molar-refractivity contribution in [2.75, 3.05) is 6.61 Å². The van der Waals surface area contributed by atoms with Gasteiger partial charge < -0.3 is 5.11 Å². The minimum Gasteiger partial charge on any atom is -0.392 e. The fourth-order valence-corrected chi connectivity index (χ4v) is 1.15. The van der Waals surface area contributed by atoms with Gasteiger partial charge in [-0.25, -0.2) is 0 Å². The van der Waals surface area contributed by atoms with Gasteiger partial charge in [0.1, 0.15) is 0 Å². The summed E-state index contributed by atoms with van der Waals surface area (Å²) in [7, 11) is 0. The number of aryl methyl sites for hydroxylation is 1. The van der Waals surface area contributed by atoms with Crippen molar-refractivity contribution in [3.05, 3.63) is 41.5 Å². The van der Waals surface area contributed by atoms with E-state index >= 15 is 0 Å². The first-order valence-electron chi connectivity index (χ1n) is 4.08. The van der Waals surface area contributed by atoms with Gasteiger partial charge in [-0.1, -0.05) is 35.9 Å². The maximum Gasteiger partial charge on any atom is 0.0618 e. The molecule has 0 aliphatic rings. The molecule has 0 aliphatic carbocycles. The largest absolute Gasteiger partial charge is 0.392 e. The summed E-state index contributed by atoms with van der Waals surface area (Å²) in [6.45, 7) is 4.18. The van der Waals surface area contributed by atoms with Crippen LogP contribution < -0.4 is 0 Å². The van der Waals surface area contributed by atoms with Crippen molar-refractivity contribution < 1.29 is 5.11 Å². The molecule has 0 heterocycles. The summed E-state index contributed by atoms with van der Waals surface area (Å²) in [4.78, 5) is 0. The van der Waals surface area contributed by atoms with Crippen LogP contribution in [-0.2, 0) is 0 Å². The van der Waals surface area contributed by atoms with E-state index in [4.69, 9.17) is 5.11 Å². The number of benzene rings is 1. The molecule has 1 aromatic carbocycles. The Labute approximate surface area is 73.4 Å². The molecule has 0 saturated heterocycles. The van der Waals surface area contributed by atoms with Gasteiger partial charge >= 0.3 is 0 Å². The molecule has 1 nitrogen and oxygen atoms in total. The molecule has 0 bridgehead atoms. The van der Waals surface area contributed by atoms with Crippen LogP contribution in [0.5, 0.6) is 0 Å². The number of aliphatic hydroxyl groups excluding tert-OH is 1. The summed E-state index contributed by atoms with van der Waals surface area (Å²) in [5.74, 6) is 0. The smallest absolute Gasteiger partial charge is 0.0618 e. The van der Waals surface area contributed by atoms with Crippen molar-refractivity contribution in [1.29, 1.82) is 0 Å². The molecule has 1 rings (SSSR count). The van der Waals surface area contributed by atoms with Crippen molar-refractivity contribution in [2.45, 2.75) is 13.8 Å².